The molecular formula is C16H21ClO. The fraction of sp³-hybridized carbons (Fsp3) is 0.562. The summed E-state index contributed by atoms with van der Waals surface area (Å²) in [4.78, 5) is 12.5. The quantitative estimate of drug-likeness (QED) is 0.694. The van der Waals surface area contributed by atoms with Crippen LogP contribution in [0.1, 0.15) is 49.0 Å². The van der Waals surface area contributed by atoms with Crippen LogP contribution in [-0.4, -0.2) is 5.78 Å². The highest BCUT2D eigenvalue weighted by molar-refractivity contribution is 6.30. The maximum Gasteiger partial charge on any atom is 0.166 e. The Morgan fingerprint density at radius 2 is 1.94 bits per heavy atom. The molecule has 3 atom stereocenters. The second-order valence-electron chi connectivity index (χ2n) is 5.79. The number of halogens is 1. The molecule has 2 heteroatoms. The predicted octanol–water partition coefficient (Wildman–Crippen LogP) is 4.90. The average Bonchev–Trinajstić information content (AvgIpc) is 2.32. The molecule has 1 aliphatic carbocycles. The van der Waals surface area contributed by atoms with Gasteiger partial charge in [0.15, 0.2) is 5.78 Å². The average molecular weight is 265 g/mol. The fourth-order valence-corrected chi connectivity index (χ4v) is 3.14. The molecule has 1 aliphatic rings. The lowest BCUT2D eigenvalue weighted by Crippen LogP contribution is -2.26. The van der Waals surface area contributed by atoms with Crippen molar-refractivity contribution in [1.29, 1.82) is 0 Å². The van der Waals surface area contributed by atoms with Gasteiger partial charge in [-0.3, -0.25) is 4.79 Å². The van der Waals surface area contributed by atoms with Crippen LogP contribution in [0.5, 0.6) is 0 Å². The first-order valence-electron chi connectivity index (χ1n) is 6.79. The number of benzene rings is 1. The molecule has 0 radical (unpaired) electrons. The first-order chi connectivity index (χ1) is 8.49. The van der Waals surface area contributed by atoms with Crippen LogP contribution >= 0.6 is 11.6 Å². The molecule has 0 N–H and O–H groups in total. The van der Waals surface area contributed by atoms with Crippen LogP contribution < -0.4 is 0 Å². The van der Waals surface area contributed by atoms with Gasteiger partial charge in [-0.05, 0) is 61.8 Å². The monoisotopic (exact) mass is 264 g/mol. The third-order valence-electron chi connectivity index (χ3n) is 4.42. The van der Waals surface area contributed by atoms with Crippen LogP contribution in [0, 0.1) is 24.7 Å². The standard InChI is InChI=1S/C16H21ClO/c1-10-4-5-13(8-11(10)2)16(18)15-7-6-14(17)9-12(15)3/h6-7,9-11,13H,4-5,8H2,1-3H3. The summed E-state index contributed by atoms with van der Waals surface area (Å²) < 4.78 is 0. The van der Waals surface area contributed by atoms with Gasteiger partial charge in [0.2, 0.25) is 0 Å². The summed E-state index contributed by atoms with van der Waals surface area (Å²) in [7, 11) is 0. The number of carbonyl (C=O) groups excluding carboxylic acids is 1. The zero-order valence-corrected chi connectivity index (χ0v) is 12.1. The van der Waals surface area contributed by atoms with Crippen LogP contribution in [0.2, 0.25) is 5.02 Å². The fourth-order valence-electron chi connectivity index (χ4n) is 2.91. The molecule has 1 aromatic carbocycles. The first-order valence-corrected chi connectivity index (χ1v) is 7.17. The van der Waals surface area contributed by atoms with Gasteiger partial charge in [-0.25, -0.2) is 0 Å². The van der Waals surface area contributed by atoms with E-state index in [9.17, 15) is 4.79 Å². The van der Waals surface area contributed by atoms with Crippen LogP contribution in [0.4, 0.5) is 0 Å². The van der Waals surface area contributed by atoms with Crippen LogP contribution in [-0.2, 0) is 0 Å². The van der Waals surface area contributed by atoms with E-state index in [-0.39, 0.29) is 5.92 Å². The minimum atomic E-state index is 0.205. The van der Waals surface area contributed by atoms with E-state index in [1.807, 2.05) is 25.1 Å². The number of hydrogen-bond acceptors (Lipinski definition) is 1. The number of rotatable bonds is 2. The highest BCUT2D eigenvalue weighted by Crippen LogP contribution is 2.35. The third-order valence-corrected chi connectivity index (χ3v) is 4.66. The number of aryl methyl sites for hydroxylation is 1. The summed E-state index contributed by atoms with van der Waals surface area (Å²) in [5, 5.41) is 0.703. The van der Waals surface area contributed by atoms with Crippen molar-refractivity contribution in [3.63, 3.8) is 0 Å². The summed E-state index contributed by atoms with van der Waals surface area (Å²) in [6, 6.07) is 5.57. The van der Waals surface area contributed by atoms with Gasteiger partial charge in [-0.2, -0.15) is 0 Å². The second kappa shape index (κ2) is 5.44. The number of carbonyl (C=O) groups is 1. The largest absolute Gasteiger partial charge is 0.294 e. The van der Waals surface area contributed by atoms with Gasteiger partial charge in [0.1, 0.15) is 0 Å². The Morgan fingerprint density at radius 3 is 2.56 bits per heavy atom. The van der Waals surface area contributed by atoms with Gasteiger partial charge in [0.25, 0.3) is 0 Å². The zero-order chi connectivity index (χ0) is 13.3. The third kappa shape index (κ3) is 2.77. The Bertz CT molecular complexity index is 452. The Morgan fingerprint density at radius 1 is 1.22 bits per heavy atom. The molecule has 1 fully saturated rings. The zero-order valence-electron chi connectivity index (χ0n) is 11.4. The van der Waals surface area contributed by atoms with E-state index >= 15 is 0 Å². The van der Waals surface area contributed by atoms with Crippen molar-refractivity contribution in [1.82, 2.24) is 0 Å². The lowest BCUT2D eigenvalue weighted by molar-refractivity contribution is 0.0837. The molecule has 0 spiro atoms. The predicted molar refractivity (Wildman–Crippen MR) is 76.2 cm³/mol. The second-order valence-corrected chi connectivity index (χ2v) is 6.22. The summed E-state index contributed by atoms with van der Waals surface area (Å²) >= 11 is 5.94. The molecule has 0 saturated heterocycles. The summed E-state index contributed by atoms with van der Waals surface area (Å²) in [5.74, 6) is 1.92. The molecule has 0 aliphatic heterocycles. The first kappa shape index (κ1) is 13.6. The molecule has 98 valence electrons. The smallest absolute Gasteiger partial charge is 0.166 e. The summed E-state index contributed by atoms with van der Waals surface area (Å²) in [6.45, 7) is 6.52. The SMILES string of the molecule is Cc1cc(Cl)ccc1C(=O)C1CCC(C)C(C)C1. The van der Waals surface area contributed by atoms with Gasteiger partial charge in [0, 0.05) is 16.5 Å². The van der Waals surface area contributed by atoms with Crippen molar-refractivity contribution < 1.29 is 4.79 Å². The van der Waals surface area contributed by atoms with E-state index in [1.54, 1.807) is 0 Å². The molecule has 3 unspecified atom stereocenters. The van der Waals surface area contributed by atoms with Gasteiger partial charge in [0.05, 0.1) is 0 Å². The van der Waals surface area contributed by atoms with Crippen LogP contribution in [0.15, 0.2) is 18.2 Å². The molecule has 0 aromatic heterocycles. The van der Waals surface area contributed by atoms with Gasteiger partial charge < -0.3 is 0 Å². The van der Waals surface area contributed by atoms with E-state index in [2.05, 4.69) is 13.8 Å². The van der Waals surface area contributed by atoms with E-state index in [0.717, 1.165) is 29.9 Å². The van der Waals surface area contributed by atoms with E-state index in [4.69, 9.17) is 11.6 Å². The maximum absolute atomic E-state index is 12.5. The van der Waals surface area contributed by atoms with Gasteiger partial charge in [-0.1, -0.05) is 25.4 Å². The van der Waals surface area contributed by atoms with E-state index in [0.29, 0.717) is 16.7 Å². The van der Waals surface area contributed by atoms with Gasteiger partial charge >= 0.3 is 0 Å². The highest BCUT2D eigenvalue weighted by atomic mass is 35.5. The minimum absolute atomic E-state index is 0.205. The van der Waals surface area contributed by atoms with E-state index in [1.165, 1.54) is 6.42 Å². The molecule has 1 aromatic rings. The number of hydrogen-bond donors (Lipinski definition) is 0. The lowest BCUT2D eigenvalue weighted by atomic mass is 9.73. The molecular weight excluding hydrogens is 244 g/mol. The summed E-state index contributed by atoms with van der Waals surface area (Å²) in [6.07, 6.45) is 3.23. The number of Topliss-reactive ketones (excluding diaryl/α,β-unsaturated/α-hetero) is 1. The lowest BCUT2D eigenvalue weighted by Gasteiger charge is -2.31. The van der Waals surface area contributed by atoms with Crippen molar-refractivity contribution in [3.8, 4) is 0 Å². The maximum atomic E-state index is 12.5. The highest BCUT2D eigenvalue weighted by Gasteiger charge is 2.30. The molecule has 0 heterocycles. The van der Waals surface area contributed by atoms with Crippen molar-refractivity contribution >= 4 is 17.4 Å². The van der Waals surface area contributed by atoms with Gasteiger partial charge in [-0.15, -0.1) is 0 Å². The Labute approximate surface area is 115 Å². The van der Waals surface area contributed by atoms with Crippen LogP contribution in [0.3, 0.4) is 0 Å². The van der Waals surface area contributed by atoms with Crippen molar-refractivity contribution in [2.45, 2.75) is 40.0 Å². The molecule has 1 saturated carbocycles. The normalized spacial score (nSPS) is 28.1. The topological polar surface area (TPSA) is 17.1 Å². The molecule has 2 rings (SSSR count). The van der Waals surface area contributed by atoms with Crippen molar-refractivity contribution in [2.24, 2.45) is 17.8 Å². The molecule has 1 nitrogen and oxygen atoms in total. The van der Waals surface area contributed by atoms with E-state index < -0.39 is 0 Å². The Balaban J connectivity index is 2.16. The Kier molecular flexibility index (Phi) is 4.11. The molecule has 0 bridgehead atoms. The summed E-state index contributed by atoms with van der Waals surface area (Å²) in [5.41, 5.74) is 1.85. The van der Waals surface area contributed by atoms with Crippen LogP contribution in [0.25, 0.3) is 0 Å². The van der Waals surface area contributed by atoms with Crippen molar-refractivity contribution in [3.05, 3.63) is 34.3 Å². The molecule has 0 amide bonds. The Hall–Kier alpha value is -0.820. The minimum Gasteiger partial charge on any atom is -0.294 e. The molecule has 18 heavy (non-hydrogen) atoms. The van der Waals surface area contributed by atoms with Crippen molar-refractivity contribution in [2.75, 3.05) is 0 Å². The number of ketones is 1.